The third-order valence-electron chi connectivity index (χ3n) is 3.20. The number of rotatable bonds is 2. The molecule has 0 aromatic carbocycles. The van der Waals surface area contributed by atoms with Gasteiger partial charge in [0.15, 0.2) is 0 Å². The van der Waals surface area contributed by atoms with Crippen molar-refractivity contribution in [3.8, 4) is 0 Å². The molecular weight excluding hydrogens is 200 g/mol. The number of imidazole rings is 1. The molecule has 3 nitrogen and oxygen atoms in total. The van der Waals surface area contributed by atoms with Crippen molar-refractivity contribution in [1.29, 1.82) is 0 Å². The van der Waals surface area contributed by atoms with Crippen LogP contribution in [-0.4, -0.2) is 22.1 Å². The van der Waals surface area contributed by atoms with Gasteiger partial charge in [0.25, 0.3) is 0 Å². The molecule has 0 spiro atoms. The van der Waals surface area contributed by atoms with Crippen LogP contribution in [0.4, 0.5) is 0 Å². The third kappa shape index (κ3) is 1.71. The third-order valence-corrected chi connectivity index (χ3v) is 3.20. The second kappa shape index (κ2) is 3.91. The Bertz CT molecular complexity index is 498. The zero-order valence-electron chi connectivity index (χ0n) is 9.52. The van der Waals surface area contributed by atoms with Gasteiger partial charge in [-0.25, -0.2) is 4.98 Å². The van der Waals surface area contributed by atoms with Crippen LogP contribution in [0.2, 0.25) is 0 Å². The van der Waals surface area contributed by atoms with Crippen molar-refractivity contribution in [3.05, 3.63) is 35.9 Å². The fourth-order valence-corrected chi connectivity index (χ4v) is 2.33. The number of ether oxygens (including phenoxy) is 1. The Hall–Kier alpha value is -1.35. The van der Waals surface area contributed by atoms with Gasteiger partial charge < -0.3 is 9.14 Å². The highest BCUT2D eigenvalue weighted by atomic mass is 16.5. The summed E-state index contributed by atoms with van der Waals surface area (Å²) in [5.41, 5.74) is 2.45. The number of fused-ring (bicyclic) bond motifs is 1. The largest absolute Gasteiger partial charge is 0.378 e. The first kappa shape index (κ1) is 9.85. The zero-order valence-corrected chi connectivity index (χ0v) is 9.52. The summed E-state index contributed by atoms with van der Waals surface area (Å²) >= 11 is 0. The molecule has 1 aliphatic rings. The summed E-state index contributed by atoms with van der Waals surface area (Å²) in [6.07, 6.45) is 7.69. The maximum atomic E-state index is 5.65. The van der Waals surface area contributed by atoms with Gasteiger partial charge in [-0.1, -0.05) is 0 Å². The number of aromatic nitrogens is 2. The standard InChI is InChI=1S/C13H16N2O/c1-10-4-5-15-11(7-10)9-14-13(15)8-12-3-2-6-16-12/h4-5,7,9,12H,2-3,6,8H2,1H3. The Kier molecular flexibility index (Phi) is 2.40. The van der Waals surface area contributed by atoms with Crippen LogP contribution in [0.5, 0.6) is 0 Å². The van der Waals surface area contributed by atoms with Crippen LogP contribution in [0.3, 0.4) is 0 Å². The molecule has 2 aromatic rings. The molecular formula is C13H16N2O. The Morgan fingerprint density at radius 2 is 2.50 bits per heavy atom. The predicted octanol–water partition coefficient (Wildman–Crippen LogP) is 2.36. The van der Waals surface area contributed by atoms with E-state index in [1.165, 1.54) is 23.9 Å². The van der Waals surface area contributed by atoms with Crippen LogP contribution < -0.4 is 0 Å². The molecule has 1 fully saturated rings. The van der Waals surface area contributed by atoms with E-state index in [4.69, 9.17) is 4.74 Å². The Morgan fingerprint density at radius 1 is 1.56 bits per heavy atom. The van der Waals surface area contributed by atoms with Crippen LogP contribution >= 0.6 is 0 Å². The predicted molar refractivity (Wildman–Crippen MR) is 62.6 cm³/mol. The lowest BCUT2D eigenvalue weighted by Gasteiger charge is -2.08. The van der Waals surface area contributed by atoms with E-state index in [9.17, 15) is 0 Å². The van der Waals surface area contributed by atoms with Crippen LogP contribution in [0.15, 0.2) is 24.5 Å². The maximum Gasteiger partial charge on any atom is 0.115 e. The minimum Gasteiger partial charge on any atom is -0.378 e. The highest BCUT2D eigenvalue weighted by molar-refractivity contribution is 5.48. The molecule has 1 saturated heterocycles. The van der Waals surface area contributed by atoms with Crippen molar-refractivity contribution in [3.63, 3.8) is 0 Å². The average Bonchev–Trinajstić information content (AvgIpc) is 2.89. The van der Waals surface area contributed by atoms with Crippen molar-refractivity contribution >= 4 is 5.52 Å². The van der Waals surface area contributed by atoms with Gasteiger partial charge in [-0.15, -0.1) is 0 Å². The fourth-order valence-electron chi connectivity index (χ4n) is 2.33. The van der Waals surface area contributed by atoms with Crippen LogP contribution in [0.25, 0.3) is 5.52 Å². The van der Waals surface area contributed by atoms with Gasteiger partial charge in [0.1, 0.15) is 5.82 Å². The fraction of sp³-hybridized carbons (Fsp3) is 0.462. The van der Waals surface area contributed by atoms with E-state index in [1.807, 2.05) is 6.20 Å². The second-order valence-corrected chi connectivity index (χ2v) is 4.51. The summed E-state index contributed by atoms with van der Waals surface area (Å²) < 4.78 is 7.81. The molecule has 1 unspecified atom stereocenters. The van der Waals surface area contributed by atoms with Crippen LogP contribution in [-0.2, 0) is 11.2 Å². The first-order valence-corrected chi connectivity index (χ1v) is 5.87. The van der Waals surface area contributed by atoms with Crippen molar-refractivity contribution < 1.29 is 4.74 Å². The Balaban J connectivity index is 1.91. The Labute approximate surface area is 95.1 Å². The van der Waals surface area contributed by atoms with Gasteiger partial charge in [0, 0.05) is 19.2 Å². The smallest absolute Gasteiger partial charge is 0.115 e. The van der Waals surface area contributed by atoms with E-state index in [-0.39, 0.29) is 0 Å². The average molecular weight is 216 g/mol. The molecule has 0 saturated carbocycles. The SMILES string of the molecule is Cc1ccn2c(CC3CCCO3)ncc2c1. The van der Waals surface area contributed by atoms with E-state index in [0.29, 0.717) is 6.10 Å². The zero-order chi connectivity index (χ0) is 11.0. The summed E-state index contributed by atoms with van der Waals surface area (Å²) in [5.74, 6) is 1.11. The summed E-state index contributed by atoms with van der Waals surface area (Å²) in [5, 5.41) is 0. The van der Waals surface area contributed by atoms with E-state index < -0.39 is 0 Å². The molecule has 0 bridgehead atoms. The lowest BCUT2D eigenvalue weighted by atomic mass is 10.2. The monoisotopic (exact) mass is 216 g/mol. The van der Waals surface area contributed by atoms with E-state index in [1.54, 1.807) is 0 Å². The summed E-state index contributed by atoms with van der Waals surface area (Å²) in [7, 11) is 0. The molecule has 2 aromatic heterocycles. The van der Waals surface area contributed by atoms with Crippen LogP contribution in [0, 0.1) is 6.92 Å². The van der Waals surface area contributed by atoms with E-state index >= 15 is 0 Å². The molecule has 0 N–H and O–H groups in total. The molecule has 1 atom stereocenters. The van der Waals surface area contributed by atoms with Crippen molar-refractivity contribution in [1.82, 2.24) is 9.38 Å². The number of hydrogen-bond acceptors (Lipinski definition) is 2. The first-order chi connectivity index (χ1) is 7.83. The lowest BCUT2D eigenvalue weighted by molar-refractivity contribution is 0.110. The van der Waals surface area contributed by atoms with Gasteiger partial charge in [-0.3, -0.25) is 0 Å². The first-order valence-electron chi connectivity index (χ1n) is 5.87. The molecule has 3 heteroatoms. The molecule has 84 valence electrons. The highest BCUT2D eigenvalue weighted by Crippen LogP contribution is 2.18. The van der Waals surface area contributed by atoms with Gasteiger partial charge in [-0.05, 0) is 37.5 Å². The summed E-state index contributed by atoms with van der Waals surface area (Å²) in [6, 6.07) is 4.28. The van der Waals surface area contributed by atoms with E-state index in [0.717, 1.165) is 18.9 Å². The van der Waals surface area contributed by atoms with Gasteiger partial charge in [0.2, 0.25) is 0 Å². The maximum absolute atomic E-state index is 5.65. The van der Waals surface area contributed by atoms with E-state index in [2.05, 4.69) is 34.6 Å². The molecule has 3 rings (SSSR count). The number of nitrogens with zero attached hydrogens (tertiary/aromatic N) is 2. The topological polar surface area (TPSA) is 26.5 Å². The van der Waals surface area contributed by atoms with Gasteiger partial charge >= 0.3 is 0 Å². The molecule has 1 aliphatic heterocycles. The van der Waals surface area contributed by atoms with Crippen LogP contribution in [0.1, 0.15) is 24.2 Å². The van der Waals surface area contributed by atoms with Gasteiger partial charge in [-0.2, -0.15) is 0 Å². The molecule has 0 aliphatic carbocycles. The normalized spacial score (nSPS) is 20.7. The van der Waals surface area contributed by atoms with Crippen molar-refractivity contribution in [2.75, 3.05) is 6.61 Å². The summed E-state index contributed by atoms with van der Waals surface area (Å²) in [6.45, 7) is 3.01. The Morgan fingerprint density at radius 3 is 3.31 bits per heavy atom. The minimum absolute atomic E-state index is 0.368. The lowest BCUT2D eigenvalue weighted by Crippen LogP contribution is -2.11. The van der Waals surface area contributed by atoms with Crippen molar-refractivity contribution in [2.24, 2.45) is 0 Å². The molecule has 0 amide bonds. The number of aryl methyl sites for hydroxylation is 1. The molecule has 16 heavy (non-hydrogen) atoms. The summed E-state index contributed by atoms with van der Waals surface area (Å²) in [4.78, 5) is 4.48. The van der Waals surface area contributed by atoms with Crippen molar-refractivity contribution in [2.45, 2.75) is 32.3 Å². The quantitative estimate of drug-likeness (QED) is 0.770. The number of pyridine rings is 1. The minimum atomic E-state index is 0.368. The second-order valence-electron chi connectivity index (χ2n) is 4.51. The molecule has 3 heterocycles. The van der Waals surface area contributed by atoms with Gasteiger partial charge in [0.05, 0.1) is 17.8 Å². The number of hydrogen-bond donors (Lipinski definition) is 0. The highest BCUT2D eigenvalue weighted by Gasteiger charge is 2.18. The molecule has 0 radical (unpaired) electrons.